The molecule has 82 valence electrons. The summed E-state index contributed by atoms with van der Waals surface area (Å²) in [6.45, 7) is 2.15. The van der Waals surface area contributed by atoms with Crippen LogP contribution in [0.15, 0.2) is 24.3 Å². The van der Waals surface area contributed by atoms with E-state index in [0.717, 1.165) is 9.13 Å². The molecule has 2 N–H and O–H groups in total. The van der Waals surface area contributed by atoms with E-state index >= 15 is 0 Å². The molecule has 1 atom stereocenters. The highest BCUT2D eigenvalue weighted by Crippen LogP contribution is 2.13. The van der Waals surface area contributed by atoms with Crippen LogP contribution in [-0.2, 0) is 16.0 Å². The number of halogens is 1. The van der Waals surface area contributed by atoms with Crippen LogP contribution in [0.4, 0.5) is 0 Å². The molecule has 0 spiro atoms. The molecule has 1 aromatic carbocycles. The average molecular weight is 319 g/mol. The Bertz CT molecular complexity index is 341. The van der Waals surface area contributed by atoms with Crippen molar-refractivity contribution in [1.29, 1.82) is 0 Å². The summed E-state index contributed by atoms with van der Waals surface area (Å²) >= 11 is 2.23. The predicted molar refractivity (Wildman–Crippen MR) is 67.5 cm³/mol. The van der Waals surface area contributed by atoms with E-state index in [9.17, 15) is 4.79 Å². The molecule has 0 aliphatic rings. The normalized spacial score (nSPS) is 12.2. The number of carbonyl (C=O) groups is 1. The molecule has 0 aliphatic heterocycles. The number of hydrogen-bond donors (Lipinski definition) is 1. The van der Waals surface area contributed by atoms with Crippen molar-refractivity contribution in [2.24, 2.45) is 5.73 Å². The molecule has 0 unspecified atom stereocenters. The van der Waals surface area contributed by atoms with Crippen molar-refractivity contribution in [3.63, 3.8) is 0 Å². The van der Waals surface area contributed by atoms with Gasteiger partial charge < -0.3 is 10.5 Å². The standard InChI is InChI=1S/C11H14INO2/c1-2-15-11(14)10(13)7-8-5-3-4-6-9(8)12/h3-6,10H,2,7,13H2,1H3/t10-/m0/s1. The van der Waals surface area contributed by atoms with Crippen molar-refractivity contribution in [1.82, 2.24) is 0 Å². The minimum atomic E-state index is -0.569. The molecule has 0 amide bonds. The predicted octanol–water partition coefficient (Wildman–Crippen LogP) is 1.72. The molecule has 0 radical (unpaired) electrons. The number of nitrogens with two attached hydrogens (primary N) is 1. The van der Waals surface area contributed by atoms with Crippen LogP contribution in [-0.4, -0.2) is 18.6 Å². The van der Waals surface area contributed by atoms with E-state index in [1.165, 1.54) is 0 Å². The third kappa shape index (κ3) is 3.79. The van der Waals surface area contributed by atoms with Crippen LogP contribution in [0.25, 0.3) is 0 Å². The van der Waals surface area contributed by atoms with Gasteiger partial charge in [-0.15, -0.1) is 0 Å². The van der Waals surface area contributed by atoms with Crippen molar-refractivity contribution < 1.29 is 9.53 Å². The molecule has 0 heterocycles. The van der Waals surface area contributed by atoms with Gasteiger partial charge in [-0.1, -0.05) is 18.2 Å². The van der Waals surface area contributed by atoms with Gasteiger partial charge in [0.2, 0.25) is 0 Å². The summed E-state index contributed by atoms with van der Waals surface area (Å²) in [6, 6.07) is 7.30. The fourth-order valence-corrected chi connectivity index (χ4v) is 1.84. The number of carbonyl (C=O) groups excluding carboxylic acids is 1. The summed E-state index contributed by atoms with van der Waals surface area (Å²) in [4.78, 5) is 11.3. The first-order valence-corrected chi connectivity index (χ1v) is 5.88. The Balaban J connectivity index is 2.62. The van der Waals surface area contributed by atoms with Crippen LogP contribution in [0.1, 0.15) is 12.5 Å². The van der Waals surface area contributed by atoms with Crippen LogP contribution in [0.5, 0.6) is 0 Å². The number of benzene rings is 1. The maximum absolute atomic E-state index is 11.3. The SMILES string of the molecule is CCOC(=O)[C@@H](N)Cc1ccccc1I. The summed E-state index contributed by atoms with van der Waals surface area (Å²) in [5.74, 6) is -0.336. The van der Waals surface area contributed by atoms with E-state index in [2.05, 4.69) is 22.6 Å². The Kier molecular flexibility index (Phi) is 5.04. The lowest BCUT2D eigenvalue weighted by molar-refractivity contribution is -0.144. The van der Waals surface area contributed by atoms with Gasteiger partial charge in [-0.05, 0) is 47.6 Å². The second kappa shape index (κ2) is 6.07. The molecule has 0 aliphatic carbocycles. The smallest absolute Gasteiger partial charge is 0.323 e. The summed E-state index contributed by atoms with van der Waals surface area (Å²) in [7, 11) is 0. The van der Waals surface area contributed by atoms with Gasteiger partial charge in [0.25, 0.3) is 0 Å². The van der Waals surface area contributed by atoms with Crippen LogP contribution >= 0.6 is 22.6 Å². The molecule has 0 aromatic heterocycles. The van der Waals surface area contributed by atoms with E-state index in [1.807, 2.05) is 24.3 Å². The van der Waals surface area contributed by atoms with E-state index in [0.29, 0.717) is 13.0 Å². The first kappa shape index (κ1) is 12.4. The zero-order chi connectivity index (χ0) is 11.3. The highest BCUT2D eigenvalue weighted by molar-refractivity contribution is 14.1. The van der Waals surface area contributed by atoms with E-state index in [-0.39, 0.29) is 5.97 Å². The van der Waals surface area contributed by atoms with Gasteiger partial charge in [0.1, 0.15) is 6.04 Å². The maximum Gasteiger partial charge on any atom is 0.323 e. The first-order valence-electron chi connectivity index (χ1n) is 4.80. The highest BCUT2D eigenvalue weighted by Gasteiger charge is 2.15. The van der Waals surface area contributed by atoms with E-state index in [4.69, 9.17) is 10.5 Å². The summed E-state index contributed by atoms with van der Waals surface area (Å²) in [6.07, 6.45) is 0.526. The molecule has 3 nitrogen and oxygen atoms in total. The van der Waals surface area contributed by atoms with Crippen molar-refractivity contribution >= 4 is 28.6 Å². The van der Waals surface area contributed by atoms with Crippen molar-refractivity contribution in [2.75, 3.05) is 6.61 Å². The lowest BCUT2D eigenvalue weighted by Crippen LogP contribution is -2.34. The van der Waals surface area contributed by atoms with Gasteiger partial charge in [-0.2, -0.15) is 0 Å². The van der Waals surface area contributed by atoms with Crippen molar-refractivity contribution in [2.45, 2.75) is 19.4 Å². The molecule has 1 rings (SSSR count). The molecule has 0 saturated carbocycles. The molecule has 4 heteroatoms. The maximum atomic E-state index is 11.3. The number of rotatable bonds is 4. The Morgan fingerprint density at radius 2 is 2.20 bits per heavy atom. The fourth-order valence-electron chi connectivity index (χ4n) is 1.23. The second-order valence-electron chi connectivity index (χ2n) is 3.15. The minimum Gasteiger partial charge on any atom is -0.465 e. The Morgan fingerprint density at radius 1 is 1.53 bits per heavy atom. The third-order valence-electron chi connectivity index (χ3n) is 1.99. The van der Waals surface area contributed by atoms with Gasteiger partial charge >= 0.3 is 5.97 Å². The van der Waals surface area contributed by atoms with Gasteiger partial charge in [-0.25, -0.2) is 0 Å². The molecular formula is C11H14INO2. The third-order valence-corrected chi connectivity index (χ3v) is 3.04. The molecule has 0 fully saturated rings. The quantitative estimate of drug-likeness (QED) is 0.679. The molecule has 0 bridgehead atoms. The average Bonchev–Trinajstić information content (AvgIpc) is 2.21. The summed E-state index contributed by atoms with van der Waals surface area (Å²) in [5, 5.41) is 0. The highest BCUT2D eigenvalue weighted by atomic mass is 127. The topological polar surface area (TPSA) is 52.3 Å². The summed E-state index contributed by atoms with van der Waals surface area (Å²) < 4.78 is 5.97. The fraction of sp³-hybridized carbons (Fsp3) is 0.364. The Labute approximate surface area is 103 Å². The monoisotopic (exact) mass is 319 g/mol. The van der Waals surface area contributed by atoms with Gasteiger partial charge in [0, 0.05) is 3.57 Å². The zero-order valence-corrected chi connectivity index (χ0v) is 10.7. The van der Waals surface area contributed by atoms with Crippen molar-refractivity contribution in [3.8, 4) is 0 Å². The van der Waals surface area contributed by atoms with E-state index in [1.54, 1.807) is 6.92 Å². The molecule has 15 heavy (non-hydrogen) atoms. The summed E-state index contributed by atoms with van der Waals surface area (Å²) in [5.41, 5.74) is 6.81. The van der Waals surface area contributed by atoms with Crippen LogP contribution in [0, 0.1) is 3.57 Å². The minimum absolute atomic E-state index is 0.336. The van der Waals surface area contributed by atoms with Crippen LogP contribution in [0.3, 0.4) is 0 Å². The Hall–Kier alpha value is -0.620. The van der Waals surface area contributed by atoms with E-state index < -0.39 is 6.04 Å². The second-order valence-corrected chi connectivity index (χ2v) is 4.32. The molecule has 1 aromatic rings. The van der Waals surface area contributed by atoms with Crippen LogP contribution < -0.4 is 5.73 Å². The largest absolute Gasteiger partial charge is 0.465 e. The number of esters is 1. The van der Waals surface area contributed by atoms with Gasteiger partial charge in [-0.3, -0.25) is 4.79 Å². The number of hydrogen-bond acceptors (Lipinski definition) is 3. The lowest BCUT2D eigenvalue weighted by Gasteiger charge is -2.11. The Morgan fingerprint density at radius 3 is 2.80 bits per heavy atom. The van der Waals surface area contributed by atoms with Gasteiger partial charge in [0.15, 0.2) is 0 Å². The van der Waals surface area contributed by atoms with Crippen LogP contribution in [0.2, 0.25) is 0 Å². The lowest BCUT2D eigenvalue weighted by atomic mass is 10.1. The van der Waals surface area contributed by atoms with Crippen molar-refractivity contribution in [3.05, 3.63) is 33.4 Å². The first-order chi connectivity index (χ1) is 7.15. The number of ether oxygens (including phenoxy) is 1. The molecular weight excluding hydrogens is 305 g/mol. The zero-order valence-electron chi connectivity index (χ0n) is 8.57. The van der Waals surface area contributed by atoms with Gasteiger partial charge in [0.05, 0.1) is 6.61 Å². The molecule has 0 saturated heterocycles.